The molecule has 3 fully saturated rings. The van der Waals surface area contributed by atoms with Crippen molar-refractivity contribution in [3.63, 3.8) is 0 Å². The van der Waals surface area contributed by atoms with Gasteiger partial charge < -0.3 is 10.1 Å². The zero-order valence-electron chi connectivity index (χ0n) is 17.2. The molecule has 4 rings (SSSR count). The van der Waals surface area contributed by atoms with E-state index in [-0.39, 0.29) is 24.1 Å². The van der Waals surface area contributed by atoms with Gasteiger partial charge in [-0.05, 0) is 56.6 Å². The number of ether oxygens (including phenoxy) is 1. The number of nitrogens with zero attached hydrogens (tertiary/aromatic N) is 1. The highest BCUT2D eigenvalue weighted by Crippen LogP contribution is 2.43. The second-order valence-corrected chi connectivity index (χ2v) is 8.95. The van der Waals surface area contributed by atoms with Gasteiger partial charge >= 0.3 is 0 Å². The lowest BCUT2D eigenvalue weighted by Gasteiger charge is -2.43. The summed E-state index contributed by atoms with van der Waals surface area (Å²) >= 11 is 0. The van der Waals surface area contributed by atoms with Crippen LogP contribution in [-0.2, 0) is 9.53 Å². The number of halogens is 1. The summed E-state index contributed by atoms with van der Waals surface area (Å²) in [7, 11) is 0. The molecule has 0 radical (unpaired) electrons. The second-order valence-electron chi connectivity index (χ2n) is 8.95. The fourth-order valence-electron chi connectivity index (χ4n) is 5.09. The number of rotatable bonds is 3. The second kappa shape index (κ2) is 8.42. The predicted molar refractivity (Wildman–Crippen MR) is 108 cm³/mol. The number of benzene rings is 1. The molecule has 5 nitrogen and oxygen atoms in total. The third-order valence-corrected chi connectivity index (χ3v) is 6.89. The van der Waals surface area contributed by atoms with Crippen molar-refractivity contribution in [1.82, 2.24) is 10.2 Å². The summed E-state index contributed by atoms with van der Waals surface area (Å²) < 4.78 is 20.6. The topological polar surface area (TPSA) is 58.6 Å². The van der Waals surface area contributed by atoms with Crippen molar-refractivity contribution in [2.45, 2.75) is 82.5 Å². The van der Waals surface area contributed by atoms with Gasteiger partial charge in [0.1, 0.15) is 17.6 Å². The first-order valence-corrected chi connectivity index (χ1v) is 11.0. The fourth-order valence-corrected chi connectivity index (χ4v) is 5.09. The lowest BCUT2D eigenvalue weighted by Crippen LogP contribution is -2.57. The smallest absolute Gasteiger partial charge is 0.259 e. The highest BCUT2D eigenvalue weighted by molar-refractivity contribution is 5.98. The lowest BCUT2D eigenvalue weighted by molar-refractivity contribution is -0.128. The fraction of sp³-hybridized carbons (Fsp3) is 0.652. The van der Waals surface area contributed by atoms with Crippen LogP contribution in [0.3, 0.4) is 0 Å². The molecule has 1 N–H and O–H groups in total. The van der Waals surface area contributed by atoms with E-state index < -0.39 is 23.5 Å². The molecule has 2 amide bonds. The van der Waals surface area contributed by atoms with Gasteiger partial charge in [-0.15, -0.1) is 0 Å². The Balaban J connectivity index is 1.60. The maximum atomic E-state index is 14.4. The molecule has 1 atom stereocenters. The van der Waals surface area contributed by atoms with Crippen LogP contribution >= 0.6 is 0 Å². The maximum absolute atomic E-state index is 14.4. The summed E-state index contributed by atoms with van der Waals surface area (Å²) in [5.74, 6) is -0.615. The van der Waals surface area contributed by atoms with E-state index in [2.05, 4.69) is 12.2 Å². The summed E-state index contributed by atoms with van der Waals surface area (Å²) in [5.41, 5.74) is -0.799. The molecule has 158 valence electrons. The molecule has 1 aromatic rings. The quantitative estimate of drug-likeness (QED) is 0.831. The van der Waals surface area contributed by atoms with Gasteiger partial charge in [0.2, 0.25) is 5.91 Å². The largest absolute Gasteiger partial charge is 0.353 e. The Hall–Kier alpha value is -1.95. The molecule has 0 aromatic heterocycles. The molecule has 0 unspecified atom stereocenters. The minimum absolute atomic E-state index is 0.00598. The van der Waals surface area contributed by atoms with Crippen molar-refractivity contribution in [1.29, 1.82) is 0 Å². The number of hydrogen-bond acceptors (Lipinski definition) is 3. The van der Waals surface area contributed by atoms with Crippen LogP contribution in [0.4, 0.5) is 4.39 Å². The normalized spacial score (nSPS) is 30.5. The zero-order chi connectivity index (χ0) is 20.4. The van der Waals surface area contributed by atoms with Crippen molar-refractivity contribution in [2.75, 3.05) is 6.61 Å². The predicted octanol–water partition coefficient (Wildman–Crippen LogP) is 4.02. The Morgan fingerprint density at radius 3 is 2.48 bits per heavy atom. The third kappa shape index (κ3) is 4.04. The number of carbonyl (C=O) groups is 2. The molecule has 2 saturated carbocycles. The lowest BCUT2D eigenvalue weighted by atomic mass is 9.83. The zero-order valence-corrected chi connectivity index (χ0v) is 17.2. The SMILES string of the molecule is CC1CCC2(CC1)OC[C@@H](C(=O)NC1CCCCC1)N2C(=O)c1ccccc1F. The summed E-state index contributed by atoms with van der Waals surface area (Å²) in [6.45, 7) is 2.37. The van der Waals surface area contributed by atoms with E-state index in [0.717, 1.165) is 38.5 Å². The van der Waals surface area contributed by atoms with Crippen molar-refractivity contribution in [3.05, 3.63) is 35.6 Å². The van der Waals surface area contributed by atoms with Crippen LogP contribution in [0.15, 0.2) is 24.3 Å². The first-order valence-electron chi connectivity index (χ1n) is 11.0. The van der Waals surface area contributed by atoms with Gasteiger partial charge in [0.05, 0.1) is 12.2 Å². The molecule has 3 aliphatic rings. The number of carbonyl (C=O) groups excluding carboxylic acids is 2. The van der Waals surface area contributed by atoms with E-state index in [1.165, 1.54) is 18.6 Å². The van der Waals surface area contributed by atoms with Gasteiger partial charge in [0.15, 0.2) is 0 Å². The van der Waals surface area contributed by atoms with Gasteiger partial charge in [0, 0.05) is 6.04 Å². The Bertz CT molecular complexity index is 754. The van der Waals surface area contributed by atoms with Gasteiger partial charge in [-0.25, -0.2) is 4.39 Å². The molecular weight excluding hydrogens is 371 g/mol. The molecule has 0 bridgehead atoms. The molecule has 2 aliphatic carbocycles. The number of hydrogen-bond donors (Lipinski definition) is 1. The minimum Gasteiger partial charge on any atom is -0.353 e. The van der Waals surface area contributed by atoms with E-state index >= 15 is 0 Å². The van der Waals surface area contributed by atoms with Crippen molar-refractivity contribution >= 4 is 11.8 Å². The van der Waals surface area contributed by atoms with Crippen LogP contribution in [0, 0.1) is 11.7 Å². The summed E-state index contributed by atoms with van der Waals surface area (Å²) in [6, 6.07) is 5.45. The van der Waals surface area contributed by atoms with Gasteiger partial charge in [-0.1, -0.05) is 38.3 Å². The minimum atomic E-state index is -0.805. The Morgan fingerprint density at radius 1 is 1.10 bits per heavy atom. The Labute approximate surface area is 172 Å². The van der Waals surface area contributed by atoms with Crippen LogP contribution in [0.5, 0.6) is 0 Å². The van der Waals surface area contributed by atoms with Crippen LogP contribution in [0.2, 0.25) is 0 Å². The molecule has 1 heterocycles. The first kappa shape index (κ1) is 20.3. The van der Waals surface area contributed by atoms with E-state index in [0.29, 0.717) is 18.8 Å². The van der Waals surface area contributed by atoms with Crippen molar-refractivity contribution < 1.29 is 18.7 Å². The molecule has 1 spiro atoms. The summed E-state index contributed by atoms with van der Waals surface area (Å²) in [6.07, 6.45) is 8.61. The molecule has 29 heavy (non-hydrogen) atoms. The molecule has 1 aliphatic heterocycles. The molecular formula is C23H31FN2O3. The maximum Gasteiger partial charge on any atom is 0.259 e. The van der Waals surface area contributed by atoms with Crippen molar-refractivity contribution in [2.24, 2.45) is 5.92 Å². The van der Waals surface area contributed by atoms with E-state index in [1.54, 1.807) is 17.0 Å². The molecule has 1 saturated heterocycles. The molecule has 6 heteroatoms. The molecule has 1 aromatic carbocycles. The monoisotopic (exact) mass is 402 g/mol. The van der Waals surface area contributed by atoms with Crippen molar-refractivity contribution in [3.8, 4) is 0 Å². The van der Waals surface area contributed by atoms with Crippen LogP contribution in [0.1, 0.15) is 75.1 Å². The van der Waals surface area contributed by atoms with Crippen LogP contribution < -0.4 is 5.32 Å². The van der Waals surface area contributed by atoms with E-state index in [1.807, 2.05) is 0 Å². The van der Waals surface area contributed by atoms with Gasteiger partial charge in [-0.3, -0.25) is 14.5 Å². The van der Waals surface area contributed by atoms with Gasteiger partial charge in [-0.2, -0.15) is 0 Å². The average Bonchev–Trinajstić information content (AvgIpc) is 3.10. The van der Waals surface area contributed by atoms with E-state index in [4.69, 9.17) is 4.74 Å². The Morgan fingerprint density at radius 2 is 1.79 bits per heavy atom. The first-order chi connectivity index (χ1) is 14.0. The third-order valence-electron chi connectivity index (χ3n) is 6.89. The standard InChI is InChI=1S/C23H31FN2O3/c1-16-11-13-23(14-12-16)26(22(28)18-9-5-6-10-19(18)24)20(15-29-23)21(27)25-17-7-3-2-4-8-17/h5-6,9-10,16-17,20H,2-4,7-8,11-15H2,1H3,(H,25,27)/t16?,20-,23?/m0/s1. The van der Waals surface area contributed by atoms with Crippen LogP contribution in [-0.4, -0.2) is 41.1 Å². The number of amides is 2. The highest BCUT2D eigenvalue weighted by atomic mass is 19.1. The van der Waals surface area contributed by atoms with E-state index in [9.17, 15) is 14.0 Å². The summed E-state index contributed by atoms with van der Waals surface area (Å²) in [4.78, 5) is 28.2. The number of nitrogens with one attached hydrogen (secondary N) is 1. The van der Waals surface area contributed by atoms with Gasteiger partial charge in [0.25, 0.3) is 5.91 Å². The highest BCUT2D eigenvalue weighted by Gasteiger charge is 2.54. The van der Waals surface area contributed by atoms with Crippen LogP contribution in [0.25, 0.3) is 0 Å². The summed E-state index contributed by atoms with van der Waals surface area (Å²) in [5, 5.41) is 3.14. The Kier molecular flexibility index (Phi) is 5.91. The average molecular weight is 403 g/mol.